The van der Waals surface area contributed by atoms with Gasteiger partial charge in [-0.15, -0.1) is 11.3 Å². The first kappa shape index (κ1) is 20.1. The van der Waals surface area contributed by atoms with Crippen molar-refractivity contribution < 1.29 is 19.1 Å². The number of thiazole rings is 1. The summed E-state index contributed by atoms with van der Waals surface area (Å²) in [5.41, 5.74) is 1.25. The molecule has 28 heavy (non-hydrogen) atoms. The van der Waals surface area contributed by atoms with E-state index in [1.807, 2.05) is 33.1 Å². The van der Waals surface area contributed by atoms with Crippen molar-refractivity contribution in [2.75, 3.05) is 18.4 Å². The summed E-state index contributed by atoms with van der Waals surface area (Å²) < 4.78 is 11.2. The lowest BCUT2D eigenvalue weighted by Crippen LogP contribution is -2.57. The Kier molecular flexibility index (Phi) is 5.55. The number of anilines is 1. The molecule has 0 aliphatic carbocycles. The molecule has 0 saturated carbocycles. The van der Waals surface area contributed by atoms with Crippen LogP contribution >= 0.6 is 11.3 Å². The fourth-order valence-corrected chi connectivity index (χ4v) is 3.26. The Bertz CT molecular complexity index is 884. The maximum atomic E-state index is 12.4. The second-order valence-electron chi connectivity index (χ2n) is 7.70. The van der Waals surface area contributed by atoms with Crippen molar-refractivity contribution in [3.63, 3.8) is 0 Å². The van der Waals surface area contributed by atoms with Gasteiger partial charge in [0.2, 0.25) is 0 Å². The number of hydrogen-bond acceptors (Lipinski definition) is 7. The van der Waals surface area contributed by atoms with Crippen LogP contribution in [0.4, 0.5) is 9.93 Å². The molecule has 3 heterocycles. The van der Waals surface area contributed by atoms with Gasteiger partial charge in [-0.3, -0.25) is 10.1 Å². The molecule has 3 rings (SSSR count). The second kappa shape index (κ2) is 7.75. The number of pyridine rings is 1. The van der Waals surface area contributed by atoms with E-state index in [1.54, 1.807) is 24.0 Å². The number of likely N-dealkylation sites (tertiary alicyclic amines) is 1. The fourth-order valence-electron chi connectivity index (χ4n) is 2.57. The lowest BCUT2D eigenvalue weighted by molar-refractivity contribution is -0.0221. The number of rotatable bonds is 4. The number of nitrogens with one attached hydrogen (secondary N) is 1. The van der Waals surface area contributed by atoms with Crippen LogP contribution < -0.4 is 10.1 Å². The Balaban J connectivity index is 1.58. The third-order valence-corrected chi connectivity index (χ3v) is 4.68. The van der Waals surface area contributed by atoms with Gasteiger partial charge in [-0.2, -0.15) is 0 Å². The first-order chi connectivity index (χ1) is 13.1. The number of nitrogens with zero attached hydrogens (tertiary/aromatic N) is 3. The van der Waals surface area contributed by atoms with Crippen molar-refractivity contribution in [1.82, 2.24) is 14.9 Å². The molecule has 1 fully saturated rings. The zero-order chi connectivity index (χ0) is 20.5. The van der Waals surface area contributed by atoms with Gasteiger partial charge in [-0.25, -0.2) is 14.8 Å². The average Bonchev–Trinajstić information content (AvgIpc) is 2.93. The third kappa shape index (κ3) is 5.19. The van der Waals surface area contributed by atoms with Gasteiger partial charge in [0.05, 0.1) is 18.8 Å². The molecule has 1 aliphatic rings. The Morgan fingerprint density at radius 3 is 2.50 bits per heavy atom. The van der Waals surface area contributed by atoms with Crippen LogP contribution in [0, 0.1) is 13.8 Å². The van der Waals surface area contributed by atoms with Crippen molar-refractivity contribution in [2.45, 2.75) is 46.3 Å². The van der Waals surface area contributed by atoms with Crippen LogP contribution in [0.1, 0.15) is 42.6 Å². The zero-order valence-electron chi connectivity index (χ0n) is 16.6. The summed E-state index contributed by atoms with van der Waals surface area (Å²) in [6.07, 6.45) is -0.496. The zero-order valence-corrected chi connectivity index (χ0v) is 17.4. The summed E-state index contributed by atoms with van der Waals surface area (Å²) in [4.78, 5) is 34.5. The summed E-state index contributed by atoms with van der Waals surface area (Å²) >= 11 is 1.36. The molecule has 0 bridgehead atoms. The van der Waals surface area contributed by atoms with Crippen molar-refractivity contribution in [2.24, 2.45) is 0 Å². The molecule has 0 aromatic carbocycles. The lowest BCUT2D eigenvalue weighted by atomic mass is 10.1. The Labute approximate surface area is 167 Å². The minimum atomic E-state index is -0.524. The van der Waals surface area contributed by atoms with Crippen LogP contribution in [0.15, 0.2) is 17.5 Å². The minimum absolute atomic E-state index is 0.146. The maximum Gasteiger partial charge on any atom is 0.410 e. The van der Waals surface area contributed by atoms with Gasteiger partial charge in [0.1, 0.15) is 23.1 Å². The monoisotopic (exact) mass is 404 g/mol. The first-order valence-corrected chi connectivity index (χ1v) is 9.84. The van der Waals surface area contributed by atoms with E-state index in [0.717, 1.165) is 5.69 Å². The number of aromatic nitrogens is 2. The van der Waals surface area contributed by atoms with E-state index in [-0.39, 0.29) is 23.8 Å². The van der Waals surface area contributed by atoms with Crippen LogP contribution in [0.25, 0.3) is 0 Å². The van der Waals surface area contributed by atoms with Crippen LogP contribution in [0.2, 0.25) is 0 Å². The molecule has 1 aliphatic heterocycles. The first-order valence-electron chi connectivity index (χ1n) is 8.96. The SMILES string of the molecule is Cc1cc(OC2CN(C(=O)OC(C)(C)C)C2)cc(C(=O)Nc2nc(C)cs2)n1. The van der Waals surface area contributed by atoms with E-state index in [0.29, 0.717) is 29.7 Å². The fraction of sp³-hybridized carbons (Fsp3) is 0.474. The highest BCUT2D eigenvalue weighted by molar-refractivity contribution is 7.13. The molecule has 2 aromatic heterocycles. The van der Waals surface area contributed by atoms with E-state index in [4.69, 9.17) is 9.47 Å². The molecule has 0 radical (unpaired) electrons. The van der Waals surface area contributed by atoms with E-state index >= 15 is 0 Å². The van der Waals surface area contributed by atoms with Crippen LogP contribution in [0.5, 0.6) is 5.75 Å². The standard InChI is InChI=1S/C19H24N4O4S/c1-11-6-13(26-14-8-23(9-14)18(25)27-19(3,4)5)7-15(20-11)16(24)22-17-21-12(2)10-28-17/h6-7,10,14H,8-9H2,1-5H3,(H,21,22,24). The number of ether oxygens (including phenoxy) is 2. The Morgan fingerprint density at radius 2 is 1.89 bits per heavy atom. The van der Waals surface area contributed by atoms with Crippen molar-refractivity contribution in [3.05, 3.63) is 34.6 Å². The minimum Gasteiger partial charge on any atom is -0.487 e. The summed E-state index contributed by atoms with van der Waals surface area (Å²) in [6.45, 7) is 10.0. The number of aryl methyl sites for hydroxylation is 2. The molecule has 0 spiro atoms. The number of amides is 2. The number of carbonyl (C=O) groups is 2. The molecule has 1 saturated heterocycles. The van der Waals surface area contributed by atoms with Gasteiger partial charge < -0.3 is 14.4 Å². The Morgan fingerprint density at radius 1 is 1.18 bits per heavy atom. The van der Waals surface area contributed by atoms with Crippen LogP contribution in [-0.4, -0.2) is 51.7 Å². The normalized spacial score (nSPS) is 14.4. The quantitative estimate of drug-likeness (QED) is 0.839. The van der Waals surface area contributed by atoms with Crippen LogP contribution in [-0.2, 0) is 4.74 Å². The molecule has 9 heteroatoms. The predicted octanol–water partition coefficient (Wildman–Crippen LogP) is 3.41. The van der Waals surface area contributed by atoms with Gasteiger partial charge in [-0.1, -0.05) is 0 Å². The van der Waals surface area contributed by atoms with Gasteiger partial charge >= 0.3 is 6.09 Å². The summed E-state index contributed by atoms with van der Waals surface area (Å²) in [7, 11) is 0. The average molecular weight is 404 g/mol. The Hall–Kier alpha value is -2.68. The summed E-state index contributed by atoms with van der Waals surface area (Å²) in [5, 5.41) is 5.13. The van der Waals surface area contributed by atoms with Crippen molar-refractivity contribution in [1.29, 1.82) is 0 Å². The molecular weight excluding hydrogens is 380 g/mol. The third-order valence-electron chi connectivity index (χ3n) is 3.80. The van der Waals surface area contributed by atoms with Crippen LogP contribution in [0.3, 0.4) is 0 Å². The highest BCUT2D eigenvalue weighted by Crippen LogP contribution is 2.22. The highest BCUT2D eigenvalue weighted by Gasteiger charge is 2.35. The predicted molar refractivity (Wildman–Crippen MR) is 106 cm³/mol. The summed E-state index contributed by atoms with van der Waals surface area (Å²) in [6, 6.07) is 3.36. The molecule has 0 unspecified atom stereocenters. The van der Waals surface area contributed by atoms with Gasteiger partial charge in [0, 0.05) is 23.2 Å². The molecule has 8 nitrogen and oxygen atoms in total. The van der Waals surface area contributed by atoms with E-state index < -0.39 is 5.60 Å². The molecule has 150 valence electrons. The molecule has 2 aromatic rings. The van der Waals surface area contributed by atoms with Gasteiger partial charge in [0.15, 0.2) is 5.13 Å². The topological polar surface area (TPSA) is 93.6 Å². The lowest BCUT2D eigenvalue weighted by Gasteiger charge is -2.39. The smallest absolute Gasteiger partial charge is 0.410 e. The van der Waals surface area contributed by atoms with Gasteiger partial charge in [-0.05, 0) is 34.6 Å². The number of hydrogen-bond donors (Lipinski definition) is 1. The van der Waals surface area contributed by atoms with Crippen molar-refractivity contribution >= 4 is 28.5 Å². The van der Waals surface area contributed by atoms with E-state index in [2.05, 4.69) is 15.3 Å². The molecule has 0 atom stereocenters. The second-order valence-corrected chi connectivity index (χ2v) is 8.56. The highest BCUT2D eigenvalue weighted by atomic mass is 32.1. The van der Waals surface area contributed by atoms with Gasteiger partial charge in [0.25, 0.3) is 5.91 Å². The van der Waals surface area contributed by atoms with E-state index in [1.165, 1.54) is 11.3 Å². The molecular formula is C19H24N4O4S. The summed E-state index contributed by atoms with van der Waals surface area (Å²) in [5.74, 6) is 0.202. The molecule has 2 amide bonds. The molecule has 1 N–H and O–H groups in total. The maximum absolute atomic E-state index is 12.4. The van der Waals surface area contributed by atoms with E-state index in [9.17, 15) is 9.59 Å². The van der Waals surface area contributed by atoms with Crippen molar-refractivity contribution in [3.8, 4) is 5.75 Å². The largest absolute Gasteiger partial charge is 0.487 e. The number of carbonyl (C=O) groups excluding carboxylic acids is 2.